The number of aryl methyl sites for hydroxylation is 2. The minimum Gasteiger partial charge on any atom is -0.479 e. The molecule has 1 heterocycles. The van der Waals surface area contributed by atoms with E-state index in [1.165, 1.54) is 11.3 Å². The van der Waals surface area contributed by atoms with E-state index in [-0.39, 0.29) is 0 Å². The zero-order valence-electron chi connectivity index (χ0n) is 7.76. The van der Waals surface area contributed by atoms with Crippen LogP contribution in [0, 0.1) is 13.8 Å². The van der Waals surface area contributed by atoms with Crippen molar-refractivity contribution in [1.29, 1.82) is 0 Å². The third kappa shape index (κ3) is 2.09. The first-order chi connectivity index (χ1) is 6.43. The summed E-state index contributed by atoms with van der Waals surface area (Å²) in [6.07, 6.45) is -3.20. The molecule has 3 N–H and O–H groups in total. The van der Waals surface area contributed by atoms with Crippen molar-refractivity contribution in [3.05, 3.63) is 15.6 Å². The third-order valence-corrected chi connectivity index (χ3v) is 2.90. The fourth-order valence-electron chi connectivity index (χ4n) is 1.10. The van der Waals surface area contributed by atoms with Crippen LogP contribution >= 0.6 is 11.3 Å². The van der Waals surface area contributed by atoms with E-state index in [4.69, 9.17) is 10.2 Å². The second-order valence-electron chi connectivity index (χ2n) is 2.91. The molecule has 0 amide bonds. The Bertz CT molecular complexity index is 349. The molecular weight excluding hydrogens is 206 g/mol. The number of aromatic nitrogens is 1. The monoisotopic (exact) mass is 217 g/mol. The molecule has 0 spiro atoms. The molecule has 1 aromatic heterocycles. The number of carboxylic acid groups (broad SMARTS) is 1. The van der Waals surface area contributed by atoms with Crippen LogP contribution in [0.5, 0.6) is 0 Å². The van der Waals surface area contributed by atoms with E-state index in [0.29, 0.717) is 10.6 Å². The number of rotatable bonds is 3. The number of nitrogens with zero attached hydrogens (tertiary/aromatic N) is 1. The first-order valence-electron chi connectivity index (χ1n) is 3.96. The summed E-state index contributed by atoms with van der Waals surface area (Å²) in [7, 11) is 0. The molecule has 5 nitrogen and oxygen atoms in total. The molecule has 0 aliphatic rings. The Kier molecular flexibility index (Phi) is 3.20. The molecule has 0 bridgehead atoms. The van der Waals surface area contributed by atoms with Crippen molar-refractivity contribution in [3.8, 4) is 0 Å². The number of aliphatic hydroxyl groups excluding tert-OH is 2. The van der Waals surface area contributed by atoms with Gasteiger partial charge in [0.1, 0.15) is 6.10 Å². The minimum absolute atomic E-state index is 0.400. The van der Waals surface area contributed by atoms with Crippen LogP contribution < -0.4 is 0 Å². The second kappa shape index (κ2) is 4.04. The standard InChI is InChI=1S/C8H11NO4S/c1-3-7(14-4(2)9-3)5(10)6(11)8(12)13/h5-6,10-11H,1-2H3,(H,12,13). The quantitative estimate of drug-likeness (QED) is 0.674. The second-order valence-corrected chi connectivity index (χ2v) is 4.15. The van der Waals surface area contributed by atoms with Gasteiger partial charge >= 0.3 is 5.97 Å². The third-order valence-electron chi connectivity index (χ3n) is 1.76. The number of aliphatic hydroxyl groups is 2. The molecule has 0 aliphatic heterocycles. The highest BCUT2D eigenvalue weighted by molar-refractivity contribution is 7.11. The summed E-state index contributed by atoms with van der Waals surface area (Å²) in [6.45, 7) is 3.41. The van der Waals surface area contributed by atoms with Gasteiger partial charge in [-0.2, -0.15) is 0 Å². The Labute approximate surface area is 84.7 Å². The Balaban J connectivity index is 2.94. The number of hydrogen-bond acceptors (Lipinski definition) is 5. The molecule has 2 unspecified atom stereocenters. The van der Waals surface area contributed by atoms with Gasteiger partial charge in [0.15, 0.2) is 6.10 Å². The number of carboxylic acids is 1. The average Bonchev–Trinajstić information content (AvgIpc) is 2.42. The molecule has 0 saturated carbocycles. The van der Waals surface area contributed by atoms with Crippen LogP contribution in [0.4, 0.5) is 0 Å². The number of thiazole rings is 1. The number of aliphatic carboxylic acids is 1. The summed E-state index contributed by atoms with van der Waals surface area (Å²) in [5.41, 5.74) is 0.556. The first kappa shape index (κ1) is 11.1. The highest BCUT2D eigenvalue weighted by Crippen LogP contribution is 2.26. The van der Waals surface area contributed by atoms with Crippen molar-refractivity contribution in [2.24, 2.45) is 0 Å². The molecule has 14 heavy (non-hydrogen) atoms. The van der Waals surface area contributed by atoms with Gasteiger partial charge in [0.05, 0.1) is 15.6 Å². The van der Waals surface area contributed by atoms with E-state index in [1.54, 1.807) is 13.8 Å². The van der Waals surface area contributed by atoms with Crippen LogP contribution in [-0.2, 0) is 4.79 Å². The predicted molar refractivity (Wildman–Crippen MR) is 50.2 cm³/mol. The van der Waals surface area contributed by atoms with Crippen molar-refractivity contribution in [1.82, 2.24) is 4.98 Å². The van der Waals surface area contributed by atoms with E-state index in [2.05, 4.69) is 4.98 Å². The van der Waals surface area contributed by atoms with Gasteiger partial charge < -0.3 is 15.3 Å². The molecule has 78 valence electrons. The van der Waals surface area contributed by atoms with Gasteiger partial charge in [-0.3, -0.25) is 0 Å². The lowest BCUT2D eigenvalue weighted by atomic mass is 10.1. The molecule has 0 aromatic carbocycles. The van der Waals surface area contributed by atoms with Gasteiger partial charge in [-0.1, -0.05) is 0 Å². The van der Waals surface area contributed by atoms with E-state index < -0.39 is 18.2 Å². The van der Waals surface area contributed by atoms with Gasteiger partial charge in [0.25, 0.3) is 0 Å². The van der Waals surface area contributed by atoms with E-state index >= 15 is 0 Å². The summed E-state index contributed by atoms with van der Waals surface area (Å²) >= 11 is 1.18. The van der Waals surface area contributed by atoms with Crippen molar-refractivity contribution in [3.63, 3.8) is 0 Å². The highest BCUT2D eigenvalue weighted by Gasteiger charge is 2.28. The molecule has 1 aromatic rings. The Hall–Kier alpha value is -0.980. The fourth-order valence-corrected chi connectivity index (χ4v) is 2.04. The Morgan fingerprint density at radius 3 is 2.36 bits per heavy atom. The summed E-state index contributed by atoms with van der Waals surface area (Å²) in [5, 5.41) is 27.8. The Morgan fingerprint density at radius 1 is 1.43 bits per heavy atom. The number of carbonyl (C=O) groups is 1. The Morgan fingerprint density at radius 2 is 2.00 bits per heavy atom. The lowest BCUT2D eigenvalue weighted by Gasteiger charge is -2.12. The van der Waals surface area contributed by atoms with Crippen LogP contribution in [0.3, 0.4) is 0 Å². The first-order valence-corrected chi connectivity index (χ1v) is 4.78. The molecular formula is C8H11NO4S. The van der Waals surface area contributed by atoms with Gasteiger partial charge in [-0.05, 0) is 13.8 Å². The maximum absolute atomic E-state index is 10.4. The van der Waals surface area contributed by atoms with Gasteiger partial charge in [0.2, 0.25) is 0 Å². The van der Waals surface area contributed by atoms with Crippen molar-refractivity contribution < 1.29 is 20.1 Å². The molecule has 0 aliphatic carbocycles. The van der Waals surface area contributed by atoms with E-state index in [9.17, 15) is 9.90 Å². The maximum atomic E-state index is 10.4. The van der Waals surface area contributed by atoms with Crippen molar-refractivity contribution >= 4 is 17.3 Å². The summed E-state index contributed by atoms with van der Waals surface area (Å²) in [4.78, 5) is 14.8. The zero-order valence-corrected chi connectivity index (χ0v) is 8.58. The largest absolute Gasteiger partial charge is 0.479 e. The molecule has 0 fully saturated rings. The minimum atomic E-state index is -1.80. The number of hydrogen-bond donors (Lipinski definition) is 3. The van der Waals surface area contributed by atoms with E-state index in [0.717, 1.165) is 5.01 Å². The van der Waals surface area contributed by atoms with Crippen molar-refractivity contribution in [2.75, 3.05) is 0 Å². The van der Waals surface area contributed by atoms with Gasteiger partial charge in [0, 0.05) is 0 Å². The lowest BCUT2D eigenvalue weighted by Crippen LogP contribution is -2.27. The van der Waals surface area contributed by atoms with Gasteiger partial charge in [-0.25, -0.2) is 9.78 Å². The summed E-state index contributed by atoms with van der Waals surface area (Å²) in [5.74, 6) is -1.44. The predicted octanol–water partition coefficient (Wildman–Crippen LogP) is 0.239. The van der Waals surface area contributed by atoms with Crippen LogP contribution in [0.2, 0.25) is 0 Å². The summed E-state index contributed by atoms with van der Waals surface area (Å²) < 4.78 is 0. The molecule has 2 atom stereocenters. The topological polar surface area (TPSA) is 90.7 Å². The van der Waals surface area contributed by atoms with Crippen LogP contribution in [-0.4, -0.2) is 32.4 Å². The van der Waals surface area contributed by atoms with Crippen LogP contribution in [0.15, 0.2) is 0 Å². The molecule has 0 radical (unpaired) electrons. The van der Waals surface area contributed by atoms with Crippen LogP contribution in [0.25, 0.3) is 0 Å². The van der Waals surface area contributed by atoms with E-state index in [1.807, 2.05) is 0 Å². The van der Waals surface area contributed by atoms with Crippen LogP contribution in [0.1, 0.15) is 21.7 Å². The van der Waals surface area contributed by atoms with Crippen molar-refractivity contribution in [2.45, 2.75) is 26.1 Å². The highest BCUT2D eigenvalue weighted by atomic mass is 32.1. The lowest BCUT2D eigenvalue weighted by molar-refractivity contribution is -0.152. The SMILES string of the molecule is Cc1nc(C)c(C(O)C(O)C(=O)O)s1. The molecule has 0 saturated heterocycles. The molecule has 1 rings (SSSR count). The average molecular weight is 217 g/mol. The van der Waals surface area contributed by atoms with Gasteiger partial charge in [-0.15, -0.1) is 11.3 Å². The maximum Gasteiger partial charge on any atom is 0.335 e. The molecule has 6 heteroatoms. The smallest absolute Gasteiger partial charge is 0.335 e. The fraction of sp³-hybridized carbons (Fsp3) is 0.500. The normalized spacial score (nSPS) is 15.1. The zero-order chi connectivity index (χ0) is 10.9. The summed E-state index contributed by atoms with van der Waals surface area (Å²) in [6, 6.07) is 0.